The molecule has 38 heavy (non-hydrogen) atoms. The summed E-state index contributed by atoms with van der Waals surface area (Å²) in [4.78, 5) is 0. The van der Waals surface area contributed by atoms with Crippen molar-refractivity contribution in [1.82, 2.24) is 4.57 Å². The zero-order valence-electron chi connectivity index (χ0n) is 28.3. The lowest BCUT2D eigenvalue weighted by Gasteiger charge is -2.22. The fourth-order valence-corrected chi connectivity index (χ4v) is 4.68. The maximum Gasteiger partial charge on any atom is 0.0991 e. The van der Waals surface area contributed by atoms with Gasteiger partial charge >= 0.3 is 0 Å². The van der Waals surface area contributed by atoms with Gasteiger partial charge in [-0.05, 0) is 71.0 Å². The standard InChI is InChI=1S/C35H29N3/c1-35(2,3)26-17-18-32(30(21-26)25-10-5-4-6-11-25)37-27-12-9-13-28(22-27)38-33-15-8-7-14-29(33)31-20-24(23-36)16-19-34(31)38/h4-22,37H,1-3H3/i7D,8D,14D,15D,16D,19D,20D. The lowest BCUT2D eigenvalue weighted by Crippen LogP contribution is -2.11. The van der Waals surface area contributed by atoms with Gasteiger partial charge in [0.25, 0.3) is 0 Å². The van der Waals surface area contributed by atoms with Gasteiger partial charge in [0.2, 0.25) is 0 Å². The fraction of sp³-hybridized carbons (Fsp3) is 0.114. The van der Waals surface area contributed by atoms with Gasteiger partial charge in [-0.2, -0.15) is 5.26 Å². The van der Waals surface area contributed by atoms with Crippen molar-refractivity contribution in [3.05, 3.63) is 126 Å². The van der Waals surface area contributed by atoms with Crippen LogP contribution < -0.4 is 5.32 Å². The molecule has 0 aliphatic carbocycles. The largest absolute Gasteiger partial charge is 0.355 e. The number of aromatic nitrogens is 1. The van der Waals surface area contributed by atoms with Gasteiger partial charge in [0.1, 0.15) is 0 Å². The van der Waals surface area contributed by atoms with Crippen molar-refractivity contribution >= 4 is 33.2 Å². The van der Waals surface area contributed by atoms with E-state index in [2.05, 4.69) is 50.4 Å². The molecular weight excluding hydrogens is 462 g/mol. The normalized spacial score (nSPS) is 14.1. The number of fused-ring (bicyclic) bond motifs is 3. The predicted octanol–water partition coefficient (Wildman–Crippen LogP) is 9.36. The molecule has 3 nitrogen and oxygen atoms in total. The first-order chi connectivity index (χ1) is 21.3. The Morgan fingerprint density at radius 1 is 0.816 bits per heavy atom. The number of hydrogen-bond donors (Lipinski definition) is 1. The van der Waals surface area contributed by atoms with Gasteiger partial charge in [-0.3, -0.25) is 0 Å². The number of nitrogens with zero attached hydrogens (tertiary/aromatic N) is 2. The van der Waals surface area contributed by atoms with E-state index in [0.717, 1.165) is 16.8 Å². The maximum absolute atomic E-state index is 9.71. The highest BCUT2D eigenvalue weighted by Crippen LogP contribution is 2.37. The summed E-state index contributed by atoms with van der Waals surface area (Å²) in [7, 11) is 0. The second-order valence-corrected chi connectivity index (χ2v) is 10.2. The minimum absolute atomic E-state index is 0.0356. The first-order valence-electron chi connectivity index (χ1n) is 15.9. The smallest absolute Gasteiger partial charge is 0.0991 e. The van der Waals surface area contributed by atoms with Crippen molar-refractivity contribution in [2.45, 2.75) is 26.2 Å². The average molecular weight is 499 g/mol. The van der Waals surface area contributed by atoms with Crippen LogP contribution in [-0.2, 0) is 5.41 Å². The van der Waals surface area contributed by atoms with E-state index in [4.69, 9.17) is 9.60 Å². The minimum Gasteiger partial charge on any atom is -0.355 e. The van der Waals surface area contributed by atoms with Crippen molar-refractivity contribution in [3.63, 3.8) is 0 Å². The molecule has 0 saturated heterocycles. The van der Waals surface area contributed by atoms with Crippen LogP contribution in [0.3, 0.4) is 0 Å². The molecule has 0 amide bonds. The lowest BCUT2D eigenvalue weighted by atomic mass is 9.85. The van der Waals surface area contributed by atoms with Crippen molar-refractivity contribution in [3.8, 4) is 22.9 Å². The van der Waals surface area contributed by atoms with Gasteiger partial charge in [0.05, 0.1) is 32.3 Å². The van der Waals surface area contributed by atoms with Crippen LogP contribution in [-0.4, -0.2) is 4.57 Å². The Morgan fingerprint density at radius 3 is 2.39 bits per heavy atom. The fourth-order valence-electron chi connectivity index (χ4n) is 4.68. The molecule has 0 unspecified atom stereocenters. The molecule has 0 saturated carbocycles. The molecule has 0 bridgehead atoms. The molecule has 0 fully saturated rings. The molecule has 1 aromatic heterocycles. The number of para-hydroxylation sites is 1. The molecule has 3 heteroatoms. The molecule has 0 atom stereocenters. The van der Waals surface area contributed by atoms with E-state index in [9.17, 15) is 5.26 Å². The maximum atomic E-state index is 9.71. The van der Waals surface area contributed by atoms with Gasteiger partial charge in [0, 0.05) is 33.4 Å². The Balaban J connectivity index is 1.61. The van der Waals surface area contributed by atoms with Crippen LogP contribution >= 0.6 is 0 Å². The zero-order chi connectivity index (χ0) is 32.4. The summed E-state index contributed by atoms with van der Waals surface area (Å²) >= 11 is 0. The predicted molar refractivity (Wildman–Crippen MR) is 159 cm³/mol. The first kappa shape index (κ1) is 16.8. The summed E-state index contributed by atoms with van der Waals surface area (Å²) in [6.45, 7) is 6.50. The average Bonchev–Trinajstić information content (AvgIpc) is 3.39. The molecule has 0 aliphatic rings. The van der Waals surface area contributed by atoms with E-state index in [1.165, 1.54) is 10.1 Å². The lowest BCUT2D eigenvalue weighted by molar-refractivity contribution is 0.590. The van der Waals surface area contributed by atoms with Gasteiger partial charge in [-0.1, -0.05) is 81.4 Å². The number of rotatable bonds is 4. The second kappa shape index (κ2) is 9.25. The van der Waals surface area contributed by atoms with Crippen LogP contribution in [0, 0.1) is 11.3 Å². The van der Waals surface area contributed by atoms with E-state index >= 15 is 0 Å². The molecule has 0 radical (unpaired) electrons. The molecule has 1 N–H and O–H groups in total. The Kier molecular flexibility index (Phi) is 4.10. The summed E-state index contributed by atoms with van der Waals surface area (Å²) < 4.78 is 61.8. The molecule has 184 valence electrons. The number of nitriles is 1. The highest BCUT2D eigenvalue weighted by molar-refractivity contribution is 6.09. The van der Waals surface area contributed by atoms with E-state index in [1.807, 2.05) is 36.4 Å². The number of anilines is 2. The second-order valence-electron chi connectivity index (χ2n) is 10.2. The van der Waals surface area contributed by atoms with Gasteiger partial charge < -0.3 is 9.88 Å². The van der Waals surface area contributed by atoms with Crippen LogP contribution in [0.15, 0.2) is 115 Å². The van der Waals surface area contributed by atoms with Gasteiger partial charge in [0.15, 0.2) is 0 Å². The molecule has 6 aromatic rings. The molecule has 1 heterocycles. The Labute approximate surface area is 233 Å². The Hall–Kier alpha value is -4.81. The summed E-state index contributed by atoms with van der Waals surface area (Å²) in [5.74, 6) is 0. The number of benzene rings is 5. The molecule has 5 aromatic carbocycles. The monoisotopic (exact) mass is 498 g/mol. The highest BCUT2D eigenvalue weighted by Gasteiger charge is 2.17. The summed E-state index contributed by atoms with van der Waals surface area (Å²) in [6.07, 6.45) is 0. The molecule has 0 aliphatic heterocycles. The van der Waals surface area contributed by atoms with Crippen LogP contribution in [0.5, 0.6) is 0 Å². The Morgan fingerprint density at radius 2 is 1.61 bits per heavy atom. The summed E-state index contributed by atoms with van der Waals surface area (Å²) in [5, 5.41) is 13.3. The SMILES string of the molecule is [2H]c1c([2H])c([2H])c2c(c1[2H])c1c([2H])c(C#N)c([2H])c([2H])c1n2-c1cccc(Nc2ccc(C(C)(C)C)cc2-c2ccccc2)c1. The zero-order valence-corrected chi connectivity index (χ0v) is 21.3. The molecule has 6 rings (SSSR count). The third kappa shape index (κ3) is 4.21. The number of hydrogen-bond acceptors (Lipinski definition) is 2. The van der Waals surface area contributed by atoms with E-state index < -0.39 is 18.1 Å². The van der Waals surface area contributed by atoms with Crippen molar-refractivity contribution < 1.29 is 9.60 Å². The third-order valence-corrected chi connectivity index (χ3v) is 6.62. The topological polar surface area (TPSA) is 40.8 Å². The van der Waals surface area contributed by atoms with Crippen LogP contribution in [0.25, 0.3) is 38.6 Å². The Bertz CT molecular complexity index is 2210. The highest BCUT2D eigenvalue weighted by atomic mass is 15.0. The van der Waals surface area contributed by atoms with E-state index in [0.29, 0.717) is 11.4 Å². The summed E-state index contributed by atoms with van der Waals surface area (Å²) in [5.41, 5.74) is 5.00. The first-order valence-corrected chi connectivity index (χ1v) is 12.4. The molecular formula is C35H29N3. The van der Waals surface area contributed by atoms with Gasteiger partial charge in [-0.25, -0.2) is 0 Å². The van der Waals surface area contributed by atoms with Crippen LogP contribution in [0.1, 0.15) is 41.5 Å². The van der Waals surface area contributed by atoms with Crippen molar-refractivity contribution in [1.29, 1.82) is 5.26 Å². The van der Waals surface area contributed by atoms with E-state index in [1.54, 1.807) is 18.2 Å². The minimum atomic E-state index is -0.478. The van der Waals surface area contributed by atoms with Crippen molar-refractivity contribution in [2.24, 2.45) is 0 Å². The van der Waals surface area contributed by atoms with Crippen LogP contribution in [0.2, 0.25) is 0 Å². The van der Waals surface area contributed by atoms with Crippen LogP contribution in [0.4, 0.5) is 11.4 Å². The summed E-state index contributed by atoms with van der Waals surface area (Å²) in [6, 6.07) is 22.7. The molecule has 0 spiro atoms. The van der Waals surface area contributed by atoms with Gasteiger partial charge in [-0.15, -0.1) is 0 Å². The van der Waals surface area contributed by atoms with E-state index in [-0.39, 0.29) is 57.0 Å². The van der Waals surface area contributed by atoms with Crippen molar-refractivity contribution in [2.75, 3.05) is 5.32 Å². The third-order valence-electron chi connectivity index (χ3n) is 6.62. The quantitative estimate of drug-likeness (QED) is 0.263. The number of nitrogens with one attached hydrogen (secondary N) is 1.